The second kappa shape index (κ2) is 11.9. The molecule has 5 atom stereocenters. The van der Waals surface area contributed by atoms with Crippen molar-refractivity contribution in [3.63, 3.8) is 0 Å². The van der Waals surface area contributed by atoms with E-state index >= 15 is 4.11 Å². The van der Waals surface area contributed by atoms with Crippen LogP contribution in [0.15, 0.2) is 91.0 Å². The fourth-order valence-electron chi connectivity index (χ4n) is 8.59. The first kappa shape index (κ1) is 32.4. The van der Waals surface area contributed by atoms with E-state index in [1.807, 2.05) is 43.3 Å². The second-order valence-electron chi connectivity index (χ2n) is 14.2. The molecule has 0 radical (unpaired) electrons. The Morgan fingerprint density at radius 3 is 2.44 bits per heavy atom. The first-order valence-electron chi connectivity index (χ1n) is 17.0. The van der Waals surface area contributed by atoms with E-state index in [9.17, 15) is 19.5 Å². The van der Waals surface area contributed by atoms with Gasteiger partial charge in [-0.15, -0.1) is 0 Å². The van der Waals surface area contributed by atoms with Crippen LogP contribution >= 0.6 is 0 Å². The standard InChI is InChI=1S/C39H38FN3O6Si/c1-23-36(50(2,3)40)34(20-35(45)42-21-25-11-5-4-10-24(25)18-27(42)22-44)49-39(23)29-19-26(16-17-30(29)41-38(39)47)43-31-13-7-9-15-33(31)48-32-14-8-6-12-28(32)37(43)46/h4-17,19,23,27,34,36,44H,18,20-22H2,1-3H3,(H,41,47)/t23-,27-,34+,36-,39+/m0/s1. The molecular formula is C39H38FN3O6Si. The van der Waals surface area contributed by atoms with Gasteiger partial charge in [-0.1, -0.05) is 55.5 Å². The summed E-state index contributed by atoms with van der Waals surface area (Å²) in [6.45, 7) is 5.14. The van der Waals surface area contributed by atoms with Gasteiger partial charge in [0.1, 0.15) is 5.75 Å². The molecule has 4 aromatic rings. The number of aliphatic hydroxyl groups excluding tert-OH is 1. The molecule has 9 nitrogen and oxygen atoms in total. The van der Waals surface area contributed by atoms with Crippen LogP contribution in [0.3, 0.4) is 0 Å². The highest BCUT2D eigenvalue weighted by Crippen LogP contribution is 2.59. The van der Waals surface area contributed by atoms with Crippen LogP contribution < -0.4 is 15.0 Å². The van der Waals surface area contributed by atoms with Gasteiger partial charge in [-0.05, 0) is 73.1 Å². The van der Waals surface area contributed by atoms with E-state index in [4.69, 9.17) is 9.47 Å². The minimum absolute atomic E-state index is 0.135. The van der Waals surface area contributed by atoms with Gasteiger partial charge in [0.05, 0.1) is 36.4 Å². The zero-order valence-corrected chi connectivity index (χ0v) is 29.1. The van der Waals surface area contributed by atoms with Gasteiger partial charge in [-0.2, -0.15) is 0 Å². The number of carbonyl (C=O) groups is 3. The molecule has 0 aromatic heterocycles. The Bertz CT molecular complexity index is 2050. The zero-order chi connectivity index (χ0) is 34.9. The summed E-state index contributed by atoms with van der Waals surface area (Å²) in [6.07, 6.45) is -0.505. The third-order valence-corrected chi connectivity index (χ3v) is 13.3. The molecule has 1 fully saturated rings. The average molecular weight is 692 g/mol. The zero-order valence-electron chi connectivity index (χ0n) is 28.1. The Morgan fingerprint density at radius 1 is 0.980 bits per heavy atom. The maximum absolute atomic E-state index is 16.4. The molecule has 1 spiro atoms. The van der Waals surface area contributed by atoms with Gasteiger partial charge in [0.2, 0.25) is 14.3 Å². The maximum atomic E-state index is 16.4. The molecule has 1 saturated heterocycles. The molecular weight excluding hydrogens is 654 g/mol. The molecule has 3 amide bonds. The lowest BCUT2D eigenvalue weighted by Crippen LogP contribution is -2.48. The first-order valence-corrected chi connectivity index (χ1v) is 20.0. The Morgan fingerprint density at radius 2 is 1.68 bits per heavy atom. The lowest BCUT2D eigenvalue weighted by atomic mass is 9.82. The fourth-order valence-corrected chi connectivity index (χ4v) is 11.1. The number of fused-ring (bicyclic) bond motifs is 5. The van der Waals surface area contributed by atoms with Gasteiger partial charge in [0.25, 0.3) is 11.8 Å². The first-order chi connectivity index (χ1) is 24.0. The Labute approximate surface area is 290 Å². The lowest BCUT2D eigenvalue weighted by molar-refractivity contribution is -0.149. The van der Waals surface area contributed by atoms with Crippen molar-refractivity contribution in [3.05, 3.63) is 113 Å². The number of amides is 3. The van der Waals surface area contributed by atoms with Crippen LogP contribution in [-0.2, 0) is 32.9 Å². The topological polar surface area (TPSA) is 108 Å². The van der Waals surface area contributed by atoms with Gasteiger partial charge < -0.3 is 28.9 Å². The Hall–Kier alpha value is -4.84. The number of benzene rings is 4. The largest absolute Gasteiger partial charge is 0.454 e. The number of rotatable bonds is 5. The van der Waals surface area contributed by atoms with Crippen LogP contribution in [0.4, 0.5) is 21.2 Å². The van der Waals surface area contributed by atoms with Gasteiger partial charge in [0.15, 0.2) is 11.4 Å². The number of hydrogen-bond acceptors (Lipinski definition) is 6. The number of ether oxygens (including phenoxy) is 2. The number of anilines is 3. The van der Waals surface area contributed by atoms with Crippen molar-refractivity contribution in [2.24, 2.45) is 5.92 Å². The van der Waals surface area contributed by atoms with Gasteiger partial charge in [0, 0.05) is 34.9 Å². The van der Waals surface area contributed by atoms with Crippen molar-refractivity contribution in [2.45, 2.75) is 62.7 Å². The number of aliphatic hydroxyl groups is 1. The minimum atomic E-state index is -3.55. The quantitative estimate of drug-likeness (QED) is 0.176. The maximum Gasteiger partial charge on any atom is 0.266 e. The van der Waals surface area contributed by atoms with E-state index in [1.165, 1.54) is 0 Å². The van der Waals surface area contributed by atoms with Crippen molar-refractivity contribution in [3.8, 4) is 11.5 Å². The van der Waals surface area contributed by atoms with Crippen molar-refractivity contribution >= 4 is 43.2 Å². The predicted molar refractivity (Wildman–Crippen MR) is 189 cm³/mol. The summed E-state index contributed by atoms with van der Waals surface area (Å²) in [5, 5.41) is 13.2. The number of nitrogens with zero attached hydrogens (tertiary/aromatic N) is 2. The molecule has 11 heteroatoms. The van der Waals surface area contributed by atoms with Crippen LogP contribution in [0, 0.1) is 5.92 Å². The minimum Gasteiger partial charge on any atom is -0.454 e. The number of nitrogens with one attached hydrogen (secondary N) is 1. The molecule has 8 rings (SSSR count). The highest BCUT2D eigenvalue weighted by atomic mass is 28.4. The summed E-state index contributed by atoms with van der Waals surface area (Å²) in [6, 6.07) is 27.0. The van der Waals surface area contributed by atoms with Gasteiger partial charge >= 0.3 is 0 Å². The number of halogens is 1. The highest BCUT2D eigenvalue weighted by molar-refractivity contribution is 6.72. The summed E-state index contributed by atoms with van der Waals surface area (Å²) in [5.41, 5.74) is 2.20. The van der Waals surface area contributed by atoms with E-state index in [0.717, 1.165) is 11.1 Å². The normalized spacial score (nSPS) is 25.3. The van der Waals surface area contributed by atoms with E-state index in [2.05, 4.69) is 5.32 Å². The van der Waals surface area contributed by atoms with Crippen LogP contribution in [0.2, 0.25) is 18.6 Å². The van der Waals surface area contributed by atoms with E-state index < -0.39 is 43.5 Å². The Kier molecular flexibility index (Phi) is 7.70. The number of para-hydroxylation sites is 3. The summed E-state index contributed by atoms with van der Waals surface area (Å²) >= 11 is 0. The molecule has 4 aromatic carbocycles. The van der Waals surface area contributed by atoms with Crippen LogP contribution in [0.5, 0.6) is 11.5 Å². The molecule has 2 N–H and O–H groups in total. The molecule has 0 aliphatic carbocycles. The summed E-state index contributed by atoms with van der Waals surface area (Å²) in [7, 11) is -3.55. The number of carbonyl (C=O) groups excluding carboxylic acids is 3. The third kappa shape index (κ3) is 4.98. The molecule has 0 unspecified atom stereocenters. The van der Waals surface area contributed by atoms with Gasteiger partial charge in [-0.3, -0.25) is 19.3 Å². The summed E-state index contributed by atoms with van der Waals surface area (Å²) < 4.78 is 29.4. The summed E-state index contributed by atoms with van der Waals surface area (Å²) in [5.74, 6) is -0.694. The molecule has 4 aliphatic rings. The predicted octanol–water partition coefficient (Wildman–Crippen LogP) is 6.83. The van der Waals surface area contributed by atoms with E-state index in [-0.39, 0.29) is 24.8 Å². The number of hydrogen-bond donors (Lipinski definition) is 2. The average Bonchev–Trinajstić information content (AvgIpc) is 3.51. The van der Waals surface area contributed by atoms with Crippen LogP contribution in [0.1, 0.15) is 40.4 Å². The third-order valence-electron chi connectivity index (χ3n) is 10.9. The molecule has 4 aliphatic heterocycles. The van der Waals surface area contributed by atoms with Crippen LogP contribution in [0.25, 0.3) is 0 Å². The Balaban J connectivity index is 1.18. The molecule has 0 saturated carbocycles. The van der Waals surface area contributed by atoms with E-state index in [1.54, 1.807) is 77.5 Å². The smallest absolute Gasteiger partial charge is 0.266 e. The van der Waals surface area contributed by atoms with Crippen LogP contribution in [-0.4, -0.2) is 54.9 Å². The van der Waals surface area contributed by atoms with Crippen molar-refractivity contribution in [1.29, 1.82) is 0 Å². The SMILES string of the molecule is C[C@H]1[C@H]([Si](C)(C)F)[C@@H](CC(=O)N2Cc3ccccc3C[C@H]2CO)O[C@]12C(=O)Nc1ccc(N3C(=O)c4ccccc4Oc4ccccc43)cc12. The fraction of sp³-hybridized carbons (Fsp3) is 0.308. The van der Waals surface area contributed by atoms with Crippen molar-refractivity contribution < 1.29 is 33.1 Å². The van der Waals surface area contributed by atoms with E-state index in [0.29, 0.717) is 52.7 Å². The second-order valence-corrected chi connectivity index (χ2v) is 18.0. The van der Waals surface area contributed by atoms with Crippen molar-refractivity contribution in [1.82, 2.24) is 4.90 Å². The highest BCUT2D eigenvalue weighted by Gasteiger charge is 2.65. The lowest BCUT2D eigenvalue weighted by Gasteiger charge is -2.37. The molecule has 0 bridgehead atoms. The van der Waals surface area contributed by atoms with Crippen molar-refractivity contribution in [2.75, 3.05) is 16.8 Å². The van der Waals surface area contributed by atoms with Gasteiger partial charge in [-0.25, -0.2) is 0 Å². The summed E-state index contributed by atoms with van der Waals surface area (Å²) in [4.78, 5) is 45.6. The monoisotopic (exact) mass is 691 g/mol. The molecule has 256 valence electrons. The molecule has 50 heavy (non-hydrogen) atoms. The molecule has 4 heterocycles.